The van der Waals surface area contributed by atoms with Crippen LogP contribution in [0.1, 0.15) is 0 Å². The van der Waals surface area contributed by atoms with Crippen molar-refractivity contribution >= 4 is 11.6 Å². The fourth-order valence-electron chi connectivity index (χ4n) is 1.11. The van der Waals surface area contributed by atoms with Gasteiger partial charge in [0.1, 0.15) is 11.6 Å². The van der Waals surface area contributed by atoms with Crippen molar-refractivity contribution < 1.29 is 9.13 Å². The molecule has 1 heterocycles. The molecule has 0 spiro atoms. The summed E-state index contributed by atoms with van der Waals surface area (Å²) in [6.07, 6.45) is -0.184. The maximum Gasteiger partial charge on any atom is 0.177 e. The van der Waals surface area contributed by atoms with Crippen LogP contribution in [0.4, 0.5) is 4.39 Å². The first-order valence-electron chi connectivity index (χ1n) is 4.11. The number of hydrazine groups is 2. The molecule has 2 rings (SSSR count). The Balaban J connectivity index is 2.05. The first-order valence-corrected chi connectivity index (χ1v) is 4.48. The highest BCUT2D eigenvalue weighted by Gasteiger charge is 2.14. The summed E-state index contributed by atoms with van der Waals surface area (Å²) in [5.74, 6) is 0.0778. The van der Waals surface area contributed by atoms with E-state index in [4.69, 9.17) is 16.3 Å². The van der Waals surface area contributed by atoms with E-state index in [1.165, 1.54) is 18.2 Å². The van der Waals surface area contributed by atoms with Crippen LogP contribution in [0.15, 0.2) is 18.2 Å². The van der Waals surface area contributed by atoms with Crippen molar-refractivity contribution in [2.24, 2.45) is 0 Å². The minimum absolute atomic E-state index is 0.0569. The highest BCUT2D eigenvalue weighted by Crippen LogP contribution is 2.21. The van der Waals surface area contributed by atoms with Gasteiger partial charge in [0.2, 0.25) is 0 Å². The van der Waals surface area contributed by atoms with Gasteiger partial charge >= 0.3 is 0 Å². The molecule has 1 unspecified atom stereocenters. The van der Waals surface area contributed by atoms with Crippen molar-refractivity contribution in [3.63, 3.8) is 0 Å². The largest absolute Gasteiger partial charge is 0.473 e. The molecule has 0 aliphatic carbocycles. The van der Waals surface area contributed by atoms with Gasteiger partial charge in [-0.15, -0.1) is 0 Å². The predicted octanol–water partition coefficient (Wildman–Crippen LogP) is 0.796. The lowest BCUT2D eigenvalue weighted by Crippen LogP contribution is -2.36. The minimum atomic E-state index is -0.449. The van der Waals surface area contributed by atoms with E-state index in [-0.39, 0.29) is 11.3 Å². The Hall–Kier alpha value is -0.880. The zero-order valence-electron chi connectivity index (χ0n) is 7.18. The summed E-state index contributed by atoms with van der Waals surface area (Å²) >= 11 is 5.59. The fourth-order valence-corrected chi connectivity index (χ4v) is 1.28. The van der Waals surface area contributed by atoms with Crippen LogP contribution in [0, 0.1) is 5.82 Å². The molecular weight excluding hydrogens is 209 g/mol. The molecule has 1 aliphatic heterocycles. The fraction of sp³-hybridized carbons (Fsp3) is 0.250. The van der Waals surface area contributed by atoms with E-state index in [1.807, 2.05) is 0 Å². The van der Waals surface area contributed by atoms with E-state index >= 15 is 0 Å². The Morgan fingerprint density at radius 2 is 2.36 bits per heavy atom. The Labute approximate surface area is 85.3 Å². The lowest BCUT2D eigenvalue weighted by atomic mass is 10.3. The second-order valence-corrected chi connectivity index (χ2v) is 3.24. The summed E-state index contributed by atoms with van der Waals surface area (Å²) in [6, 6.07) is 4.24. The number of nitrogens with one attached hydrogen (secondary N) is 3. The van der Waals surface area contributed by atoms with Crippen LogP contribution in [0.3, 0.4) is 0 Å². The zero-order valence-corrected chi connectivity index (χ0v) is 7.94. The van der Waals surface area contributed by atoms with Crippen LogP contribution in [0.2, 0.25) is 5.02 Å². The number of ether oxygens (including phenoxy) is 1. The van der Waals surface area contributed by atoms with E-state index in [2.05, 4.69) is 16.4 Å². The molecule has 1 saturated heterocycles. The van der Waals surface area contributed by atoms with Gasteiger partial charge in [0.05, 0.1) is 11.6 Å². The Bertz CT molecular complexity index is 330. The van der Waals surface area contributed by atoms with Gasteiger partial charge in [0.25, 0.3) is 0 Å². The second-order valence-electron chi connectivity index (χ2n) is 2.83. The zero-order chi connectivity index (χ0) is 9.97. The second kappa shape index (κ2) is 4.10. The molecule has 0 bridgehead atoms. The molecule has 6 heteroatoms. The summed E-state index contributed by atoms with van der Waals surface area (Å²) in [5.41, 5.74) is 8.33. The van der Waals surface area contributed by atoms with Gasteiger partial charge in [-0.05, 0) is 12.1 Å². The van der Waals surface area contributed by atoms with E-state index in [0.717, 1.165) is 0 Å². The normalized spacial score (nSPS) is 21.1. The molecule has 0 amide bonds. The molecule has 1 aromatic carbocycles. The number of hydrogen-bond donors (Lipinski definition) is 3. The maximum atomic E-state index is 12.8. The summed E-state index contributed by atoms with van der Waals surface area (Å²) in [7, 11) is 0. The van der Waals surface area contributed by atoms with E-state index in [9.17, 15) is 4.39 Å². The van der Waals surface area contributed by atoms with Gasteiger partial charge in [0.15, 0.2) is 6.23 Å². The van der Waals surface area contributed by atoms with Crippen molar-refractivity contribution in [2.75, 3.05) is 6.54 Å². The van der Waals surface area contributed by atoms with Crippen LogP contribution in [0.25, 0.3) is 0 Å². The molecule has 1 aromatic rings. The van der Waals surface area contributed by atoms with Gasteiger partial charge < -0.3 is 4.74 Å². The molecule has 1 atom stereocenters. The molecule has 76 valence electrons. The number of rotatable bonds is 2. The summed E-state index contributed by atoms with van der Waals surface area (Å²) in [4.78, 5) is 0. The topological polar surface area (TPSA) is 45.3 Å². The third-order valence-electron chi connectivity index (χ3n) is 1.78. The van der Waals surface area contributed by atoms with E-state index in [1.54, 1.807) is 0 Å². The van der Waals surface area contributed by atoms with Crippen LogP contribution in [-0.4, -0.2) is 12.8 Å². The highest BCUT2D eigenvalue weighted by atomic mass is 35.5. The van der Waals surface area contributed by atoms with Crippen LogP contribution in [0.5, 0.6) is 5.75 Å². The molecule has 1 fully saturated rings. The number of benzene rings is 1. The predicted molar refractivity (Wildman–Crippen MR) is 50.1 cm³/mol. The van der Waals surface area contributed by atoms with Crippen LogP contribution in [-0.2, 0) is 0 Å². The smallest absolute Gasteiger partial charge is 0.177 e. The molecule has 0 saturated carbocycles. The highest BCUT2D eigenvalue weighted by molar-refractivity contribution is 6.30. The van der Waals surface area contributed by atoms with Gasteiger partial charge in [0, 0.05) is 6.07 Å². The van der Waals surface area contributed by atoms with Gasteiger partial charge in [-0.3, -0.25) is 0 Å². The summed E-state index contributed by atoms with van der Waals surface area (Å²) in [5, 5.41) is 0.0569. The molecule has 4 nitrogen and oxygen atoms in total. The number of hydrogen-bond acceptors (Lipinski definition) is 4. The summed E-state index contributed by atoms with van der Waals surface area (Å²) < 4.78 is 18.2. The average molecular weight is 218 g/mol. The first kappa shape index (κ1) is 9.67. The van der Waals surface area contributed by atoms with Gasteiger partial charge in [-0.25, -0.2) is 15.2 Å². The monoisotopic (exact) mass is 217 g/mol. The number of halogens is 2. The van der Waals surface area contributed by atoms with Crippen molar-refractivity contribution in [3.8, 4) is 5.75 Å². The van der Waals surface area contributed by atoms with Crippen molar-refractivity contribution in [2.45, 2.75) is 6.23 Å². The van der Waals surface area contributed by atoms with Crippen molar-refractivity contribution in [3.05, 3.63) is 29.0 Å². The minimum Gasteiger partial charge on any atom is -0.473 e. The molecule has 3 N–H and O–H groups in total. The lowest BCUT2D eigenvalue weighted by molar-refractivity contribution is 0.191. The third-order valence-corrected chi connectivity index (χ3v) is 2.07. The lowest BCUT2D eigenvalue weighted by Gasteiger charge is -2.11. The Kier molecular flexibility index (Phi) is 2.83. The van der Waals surface area contributed by atoms with Crippen molar-refractivity contribution in [1.29, 1.82) is 0 Å². The Morgan fingerprint density at radius 3 is 3.00 bits per heavy atom. The molecule has 1 aliphatic rings. The van der Waals surface area contributed by atoms with Crippen LogP contribution >= 0.6 is 11.6 Å². The quantitative estimate of drug-likeness (QED) is 0.686. The van der Waals surface area contributed by atoms with Gasteiger partial charge in [-0.2, -0.15) is 5.53 Å². The van der Waals surface area contributed by atoms with Crippen molar-refractivity contribution in [1.82, 2.24) is 16.4 Å². The Morgan fingerprint density at radius 1 is 1.50 bits per heavy atom. The first-order chi connectivity index (χ1) is 6.75. The molecule has 0 aromatic heterocycles. The third kappa shape index (κ3) is 2.13. The standard InChI is InChI=1S/C8H9ClFN3O/c9-6-3-5(1-2-7(6)10)14-8-4-11-13-12-8/h1-3,8,11-13H,4H2. The van der Waals surface area contributed by atoms with E-state index < -0.39 is 5.82 Å². The van der Waals surface area contributed by atoms with Gasteiger partial charge in [-0.1, -0.05) is 11.6 Å². The molecular formula is C8H9ClFN3O. The van der Waals surface area contributed by atoms with E-state index in [0.29, 0.717) is 12.3 Å². The van der Waals surface area contributed by atoms with Crippen LogP contribution < -0.4 is 21.1 Å². The average Bonchev–Trinajstić information content (AvgIpc) is 2.64. The molecule has 14 heavy (non-hydrogen) atoms. The molecule has 0 radical (unpaired) electrons. The maximum absolute atomic E-state index is 12.8. The summed E-state index contributed by atoms with van der Waals surface area (Å²) in [6.45, 7) is 0.620. The SMILES string of the molecule is Fc1ccc(OC2CNNN2)cc1Cl.